The Hall–Kier alpha value is -2.80. The van der Waals surface area contributed by atoms with Gasteiger partial charge in [-0.05, 0) is 62.1 Å². The molecule has 0 atom stereocenters. The summed E-state index contributed by atoms with van der Waals surface area (Å²) in [6.07, 6.45) is 1.37. The number of sulfonamides is 1. The average Bonchev–Trinajstić information content (AvgIpc) is 3.21. The molecule has 194 valence electrons. The molecule has 2 aliphatic heterocycles. The van der Waals surface area contributed by atoms with Crippen molar-refractivity contribution in [3.63, 3.8) is 0 Å². The molecule has 10 nitrogen and oxygen atoms in total. The predicted molar refractivity (Wildman–Crippen MR) is 136 cm³/mol. The number of carbonyl (C=O) groups excluding carboxylic acids is 3. The maximum atomic E-state index is 13.0. The molecule has 4 rings (SSSR count). The lowest BCUT2D eigenvalue weighted by atomic mass is 10.0. The molecular weight excluding hydrogens is 504 g/mol. The van der Waals surface area contributed by atoms with Gasteiger partial charge in [0.2, 0.25) is 10.0 Å². The molecule has 1 aromatic carbocycles. The van der Waals surface area contributed by atoms with E-state index in [1.807, 2.05) is 7.05 Å². The number of nitrogens with zero attached hydrogens (tertiary/aromatic N) is 2. The monoisotopic (exact) mass is 534 g/mol. The van der Waals surface area contributed by atoms with Crippen LogP contribution in [0, 0.1) is 5.92 Å². The quantitative estimate of drug-likeness (QED) is 0.604. The summed E-state index contributed by atoms with van der Waals surface area (Å²) in [7, 11) is -0.491. The number of amides is 3. The largest absolute Gasteiger partial charge is 0.453 e. The number of rotatable bonds is 5. The van der Waals surface area contributed by atoms with Crippen LogP contribution < -0.4 is 10.6 Å². The number of imide groups is 1. The van der Waals surface area contributed by atoms with Gasteiger partial charge < -0.3 is 15.0 Å². The van der Waals surface area contributed by atoms with Crippen LogP contribution in [-0.4, -0.2) is 69.3 Å². The van der Waals surface area contributed by atoms with Gasteiger partial charge in [-0.2, -0.15) is 4.31 Å². The number of piperidine rings is 1. The van der Waals surface area contributed by atoms with Crippen LogP contribution in [0.1, 0.15) is 50.9 Å². The van der Waals surface area contributed by atoms with Crippen molar-refractivity contribution in [1.82, 2.24) is 14.5 Å². The molecule has 0 spiro atoms. The summed E-state index contributed by atoms with van der Waals surface area (Å²) in [4.78, 5) is 40.7. The molecule has 3 amide bonds. The van der Waals surface area contributed by atoms with Crippen molar-refractivity contribution in [1.29, 1.82) is 0 Å². The molecular formula is C24H30N4O6S2. The van der Waals surface area contributed by atoms with Crippen molar-refractivity contribution < 1.29 is 27.5 Å². The first-order chi connectivity index (χ1) is 17.1. The van der Waals surface area contributed by atoms with Crippen molar-refractivity contribution in [3.05, 3.63) is 45.8 Å². The molecule has 0 bridgehead atoms. The van der Waals surface area contributed by atoms with Crippen molar-refractivity contribution in [3.8, 4) is 0 Å². The van der Waals surface area contributed by atoms with E-state index in [-0.39, 0.29) is 16.0 Å². The summed E-state index contributed by atoms with van der Waals surface area (Å²) in [5, 5.41) is 5.29. The molecule has 1 aromatic heterocycles. The number of fused-ring (bicyclic) bond motifs is 1. The second kappa shape index (κ2) is 10.7. The van der Waals surface area contributed by atoms with Gasteiger partial charge >= 0.3 is 6.09 Å². The van der Waals surface area contributed by atoms with E-state index >= 15 is 0 Å². The van der Waals surface area contributed by atoms with Crippen molar-refractivity contribution >= 4 is 44.3 Å². The van der Waals surface area contributed by atoms with Crippen LogP contribution in [0.15, 0.2) is 29.2 Å². The Morgan fingerprint density at radius 3 is 2.36 bits per heavy atom. The molecule has 1 fully saturated rings. The molecule has 0 radical (unpaired) electrons. The molecule has 0 aliphatic carbocycles. The smallest absolute Gasteiger partial charge is 0.413 e. The third-order valence-electron chi connectivity index (χ3n) is 6.60. The Morgan fingerprint density at radius 1 is 1.06 bits per heavy atom. The number of methoxy groups -OCH3 is 1. The highest BCUT2D eigenvalue weighted by molar-refractivity contribution is 7.89. The van der Waals surface area contributed by atoms with E-state index in [2.05, 4.69) is 27.2 Å². The van der Waals surface area contributed by atoms with Crippen LogP contribution in [0.25, 0.3) is 0 Å². The SMILES string of the molecule is COC(=O)NC(=O)c1c(NC(=O)c2ccc(S(=O)(=O)N3CCC(C)CC3)cc2)sc2c1CCN(C)C2. The zero-order valence-electron chi connectivity index (χ0n) is 20.5. The zero-order valence-corrected chi connectivity index (χ0v) is 22.1. The number of ether oxygens (including phenoxy) is 1. The summed E-state index contributed by atoms with van der Waals surface area (Å²) < 4.78 is 32.0. The van der Waals surface area contributed by atoms with Gasteiger partial charge in [-0.1, -0.05) is 6.92 Å². The van der Waals surface area contributed by atoms with Gasteiger partial charge in [0, 0.05) is 36.6 Å². The number of anilines is 1. The molecule has 1 saturated heterocycles. The van der Waals surface area contributed by atoms with Gasteiger partial charge in [-0.15, -0.1) is 11.3 Å². The summed E-state index contributed by atoms with van der Waals surface area (Å²) >= 11 is 1.29. The average molecular weight is 535 g/mol. The number of nitrogens with one attached hydrogen (secondary N) is 2. The highest BCUT2D eigenvalue weighted by atomic mass is 32.2. The lowest BCUT2D eigenvalue weighted by molar-refractivity contribution is 0.0936. The van der Waals surface area contributed by atoms with Crippen molar-refractivity contribution in [2.75, 3.05) is 39.1 Å². The fourth-order valence-corrected chi connectivity index (χ4v) is 7.18. The normalized spacial score (nSPS) is 17.3. The summed E-state index contributed by atoms with van der Waals surface area (Å²) in [5.74, 6) is -0.619. The van der Waals surface area contributed by atoms with Gasteiger partial charge in [0.25, 0.3) is 11.8 Å². The molecule has 3 heterocycles. The van der Waals surface area contributed by atoms with E-state index < -0.39 is 27.9 Å². The van der Waals surface area contributed by atoms with Gasteiger partial charge in [0.1, 0.15) is 5.00 Å². The minimum Gasteiger partial charge on any atom is -0.453 e. The van der Waals surface area contributed by atoms with Gasteiger partial charge in [-0.3, -0.25) is 14.9 Å². The highest BCUT2D eigenvalue weighted by Gasteiger charge is 2.30. The first-order valence-corrected chi connectivity index (χ1v) is 14.0. The summed E-state index contributed by atoms with van der Waals surface area (Å²) in [5.41, 5.74) is 1.30. The summed E-state index contributed by atoms with van der Waals surface area (Å²) in [6.45, 7) is 4.45. The fourth-order valence-electron chi connectivity index (χ4n) is 4.39. The predicted octanol–water partition coefficient (Wildman–Crippen LogP) is 2.91. The van der Waals surface area contributed by atoms with Crippen LogP contribution in [0.4, 0.5) is 9.80 Å². The van der Waals surface area contributed by atoms with Crippen LogP contribution in [-0.2, 0) is 27.7 Å². The Morgan fingerprint density at radius 2 is 1.72 bits per heavy atom. The molecule has 0 unspecified atom stereocenters. The van der Waals surface area contributed by atoms with E-state index in [0.717, 1.165) is 29.8 Å². The third kappa shape index (κ3) is 5.46. The van der Waals surface area contributed by atoms with Crippen LogP contribution in [0.3, 0.4) is 0 Å². The van der Waals surface area contributed by atoms with Gasteiger partial charge in [-0.25, -0.2) is 13.2 Å². The van der Waals surface area contributed by atoms with Crippen molar-refractivity contribution in [2.45, 2.75) is 37.6 Å². The van der Waals surface area contributed by atoms with Crippen LogP contribution >= 0.6 is 11.3 Å². The minimum atomic E-state index is -3.62. The second-order valence-corrected chi connectivity index (χ2v) is 12.2. The number of hydrogen-bond acceptors (Lipinski definition) is 8. The number of likely N-dealkylation sites (N-methyl/N-ethyl adjacent to an activating group) is 1. The first-order valence-electron chi connectivity index (χ1n) is 11.7. The second-order valence-electron chi connectivity index (χ2n) is 9.21. The number of thiophene rings is 1. The van der Waals surface area contributed by atoms with Gasteiger partial charge in [0.05, 0.1) is 17.6 Å². The van der Waals surface area contributed by atoms with Crippen LogP contribution in [0.5, 0.6) is 0 Å². The van der Waals surface area contributed by atoms with E-state index in [1.165, 1.54) is 47.0 Å². The third-order valence-corrected chi connectivity index (χ3v) is 9.64. The topological polar surface area (TPSA) is 125 Å². The van der Waals surface area contributed by atoms with E-state index in [9.17, 15) is 22.8 Å². The standard InChI is InChI=1S/C24H30N4O6S2/c1-15-8-12-28(13-9-15)36(32,33)17-6-4-16(5-7-17)21(29)25-23-20(22(30)26-24(31)34-3)18-10-11-27(2)14-19(18)35-23/h4-7,15H,8-14H2,1-3H3,(H,25,29)(H,26,30,31). The Labute approximate surface area is 214 Å². The maximum Gasteiger partial charge on any atom is 0.413 e. The van der Waals surface area contributed by atoms with E-state index in [0.29, 0.717) is 37.0 Å². The maximum absolute atomic E-state index is 13.0. The number of benzene rings is 1. The lowest BCUT2D eigenvalue weighted by Gasteiger charge is -2.29. The van der Waals surface area contributed by atoms with Crippen LogP contribution in [0.2, 0.25) is 0 Å². The number of hydrogen-bond donors (Lipinski definition) is 2. The Bertz CT molecular complexity index is 1260. The summed E-state index contributed by atoms with van der Waals surface area (Å²) in [6, 6.07) is 5.79. The van der Waals surface area contributed by atoms with Gasteiger partial charge in [0.15, 0.2) is 0 Å². The van der Waals surface area contributed by atoms with E-state index in [4.69, 9.17) is 0 Å². The molecule has 2 aliphatic rings. The zero-order chi connectivity index (χ0) is 26.0. The highest BCUT2D eigenvalue weighted by Crippen LogP contribution is 2.37. The minimum absolute atomic E-state index is 0.140. The molecule has 2 N–H and O–H groups in total. The first kappa shape index (κ1) is 26.3. The Kier molecular flexibility index (Phi) is 7.79. The van der Waals surface area contributed by atoms with Crippen molar-refractivity contribution in [2.24, 2.45) is 5.92 Å². The van der Waals surface area contributed by atoms with E-state index in [1.54, 1.807) is 0 Å². The Balaban J connectivity index is 1.55. The number of carbonyl (C=O) groups is 3. The number of alkyl carbamates (subject to hydrolysis) is 1. The molecule has 2 aromatic rings. The molecule has 0 saturated carbocycles. The molecule has 12 heteroatoms. The molecule has 36 heavy (non-hydrogen) atoms. The lowest BCUT2D eigenvalue weighted by Crippen LogP contribution is -2.37. The fraction of sp³-hybridized carbons (Fsp3) is 0.458.